The van der Waals surface area contributed by atoms with Crippen LogP contribution in [0, 0.1) is 6.92 Å². The van der Waals surface area contributed by atoms with Gasteiger partial charge in [0.25, 0.3) is 5.91 Å². The molecule has 2 nitrogen and oxygen atoms in total. The topological polar surface area (TPSA) is 29.1 Å². The number of aryl methyl sites for hydroxylation is 1. The molecule has 23 heavy (non-hydrogen) atoms. The van der Waals surface area contributed by atoms with Crippen LogP contribution in [0.15, 0.2) is 84.9 Å². The Hall–Kier alpha value is -2.87. The van der Waals surface area contributed by atoms with Crippen molar-refractivity contribution in [3.63, 3.8) is 0 Å². The van der Waals surface area contributed by atoms with Crippen molar-refractivity contribution in [3.05, 3.63) is 107 Å². The third-order valence-corrected chi connectivity index (χ3v) is 3.93. The molecule has 0 aromatic heterocycles. The van der Waals surface area contributed by atoms with Crippen LogP contribution in [-0.4, -0.2) is 5.91 Å². The molecule has 0 aliphatic heterocycles. The Balaban J connectivity index is 1.94. The number of rotatable bonds is 4. The largest absolute Gasteiger partial charge is 0.341 e. The molecule has 0 fully saturated rings. The van der Waals surface area contributed by atoms with E-state index in [1.54, 1.807) is 0 Å². The van der Waals surface area contributed by atoms with Crippen LogP contribution in [0.25, 0.3) is 0 Å². The van der Waals surface area contributed by atoms with Gasteiger partial charge in [-0.15, -0.1) is 0 Å². The third-order valence-electron chi connectivity index (χ3n) is 3.93. The van der Waals surface area contributed by atoms with Crippen LogP contribution in [0.1, 0.15) is 33.1 Å². The second kappa shape index (κ2) is 6.93. The Labute approximate surface area is 136 Å². The molecule has 1 amide bonds. The Morgan fingerprint density at radius 1 is 0.739 bits per heavy atom. The summed E-state index contributed by atoms with van der Waals surface area (Å²) in [6, 6.07) is 27.6. The quantitative estimate of drug-likeness (QED) is 0.754. The van der Waals surface area contributed by atoms with Crippen LogP contribution >= 0.6 is 0 Å². The van der Waals surface area contributed by atoms with Gasteiger partial charge in [-0.3, -0.25) is 4.79 Å². The second-order valence-electron chi connectivity index (χ2n) is 5.54. The molecule has 3 aromatic carbocycles. The van der Waals surface area contributed by atoms with E-state index in [-0.39, 0.29) is 11.9 Å². The van der Waals surface area contributed by atoms with E-state index in [0.717, 1.165) is 16.7 Å². The van der Waals surface area contributed by atoms with Crippen LogP contribution in [0.2, 0.25) is 0 Å². The van der Waals surface area contributed by atoms with E-state index < -0.39 is 0 Å². The van der Waals surface area contributed by atoms with Gasteiger partial charge in [-0.1, -0.05) is 78.9 Å². The molecule has 0 unspecified atom stereocenters. The maximum absolute atomic E-state index is 12.7. The van der Waals surface area contributed by atoms with Crippen LogP contribution in [0.5, 0.6) is 0 Å². The summed E-state index contributed by atoms with van der Waals surface area (Å²) < 4.78 is 0. The molecule has 0 atom stereocenters. The van der Waals surface area contributed by atoms with Crippen LogP contribution < -0.4 is 5.32 Å². The zero-order valence-electron chi connectivity index (χ0n) is 13.1. The molecule has 2 heteroatoms. The maximum Gasteiger partial charge on any atom is 0.252 e. The summed E-state index contributed by atoms with van der Waals surface area (Å²) >= 11 is 0. The van der Waals surface area contributed by atoms with Gasteiger partial charge in [-0.25, -0.2) is 0 Å². The molecular weight excluding hydrogens is 282 g/mol. The Kier molecular flexibility index (Phi) is 4.53. The molecule has 0 bridgehead atoms. The van der Waals surface area contributed by atoms with Gasteiger partial charge in [-0.05, 0) is 29.7 Å². The minimum absolute atomic E-state index is 0.0548. The smallest absolute Gasteiger partial charge is 0.252 e. The van der Waals surface area contributed by atoms with Gasteiger partial charge in [0.2, 0.25) is 0 Å². The van der Waals surface area contributed by atoms with E-state index in [2.05, 4.69) is 5.32 Å². The van der Waals surface area contributed by atoms with E-state index in [9.17, 15) is 4.79 Å². The Bertz CT molecular complexity index is 742. The number of carbonyl (C=O) groups is 1. The summed E-state index contributed by atoms with van der Waals surface area (Å²) in [6.07, 6.45) is 0. The highest BCUT2D eigenvalue weighted by molar-refractivity contribution is 5.96. The van der Waals surface area contributed by atoms with Gasteiger partial charge in [0.1, 0.15) is 0 Å². The molecule has 0 aliphatic rings. The highest BCUT2D eigenvalue weighted by Crippen LogP contribution is 2.22. The van der Waals surface area contributed by atoms with Crippen molar-refractivity contribution in [2.24, 2.45) is 0 Å². The molecule has 0 saturated carbocycles. The molecule has 3 aromatic rings. The minimum atomic E-state index is -0.162. The lowest BCUT2D eigenvalue weighted by Crippen LogP contribution is -2.29. The van der Waals surface area contributed by atoms with Crippen LogP contribution in [0.3, 0.4) is 0 Å². The first-order valence-corrected chi connectivity index (χ1v) is 7.72. The molecular formula is C21H19NO. The van der Waals surface area contributed by atoms with Gasteiger partial charge in [0.05, 0.1) is 6.04 Å². The van der Waals surface area contributed by atoms with E-state index >= 15 is 0 Å². The van der Waals surface area contributed by atoms with Crippen molar-refractivity contribution in [2.75, 3.05) is 0 Å². The van der Waals surface area contributed by atoms with Gasteiger partial charge in [-0.2, -0.15) is 0 Å². The SMILES string of the molecule is Cc1ccccc1C(=O)NC(c1ccccc1)c1ccccc1. The van der Waals surface area contributed by atoms with Gasteiger partial charge in [0.15, 0.2) is 0 Å². The first-order chi connectivity index (χ1) is 11.3. The summed E-state index contributed by atoms with van der Waals surface area (Å²) in [6.45, 7) is 1.95. The van der Waals surface area contributed by atoms with Crippen molar-refractivity contribution in [1.29, 1.82) is 0 Å². The molecule has 0 saturated heterocycles. The normalized spacial score (nSPS) is 10.5. The average Bonchev–Trinajstić information content (AvgIpc) is 2.61. The lowest BCUT2D eigenvalue weighted by molar-refractivity contribution is 0.0942. The zero-order chi connectivity index (χ0) is 16.1. The number of benzene rings is 3. The fourth-order valence-electron chi connectivity index (χ4n) is 2.69. The molecule has 0 radical (unpaired) electrons. The van der Waals surface area contributed by atoms with E-state index in [0.29, 0.717) is 5.56 Å². The summed E-state index contributed by atoms with van der Waals surface area (Å²) in [5.74, 6) is -0.0548. The first-order valence-electron chi connectivity index (χ1n) is 7.72. The average molecular weight is 301 g/mol. The molecule has 1 N–H and O–H groups in total. The number of nitrogens with one attached hydrogen (secondary N) is 1. The summed E-state index contributed by atoms with van der Waals surface area (Å²) in [5.41, 5.74) is 3.83. The Morgan fingerprint density at radius 3 is 1.74 bits per heavy atom. The highest BCUT2D eigenvalue weighted by atomic mass is 16.1. The van der Waals surface area contributed by atoms with E-state index in [1.165, 1.54) is 0 Å². The van der Waals surface area contributed by atoms with E-state index in [4.69, 9.17) is 0 Å². The number of carbonyl (C=O) groups excluding carboxylic acids is 1. The maximum atomic E-state index is 12.7. The number of hydrogen-bond acceptors (Lipinski definition) is 1. The van der Waals surface area contributed by atoms with Crippen molar-refractivity contribution in [1.82, 2.24) is 5.32 Å². The van der Waals surface area contributed by atoms with Crippen molar-refractivity contribution in [3.8, 4) is 0 Å². The standard InChI is InChI=1S/C21H19NO/c1-16-10-8-9-15-19(16)21(23)22-20(17-11-4-2-5-12-17)18-13-6-3-7-14-18/h2-15,20H,1H3,(H,22,23). The lowest BCUT2D eigenvalue weighted by Gasteiger charge is -2.20. The third kappa shape index (κ3) is 3.49. The predicted octanol–water partition coefficient (Wildman–Crippen LogP) is 4.51. The number of hydrogen-bond donors (Lipinski definition) is 1. The van der Waals surface area contributed by atoms with Crippen LogP contribution in [0.4, 0.5) is 0 Å². The van der Waals surface area contributed by atoms with Gasteiger partial charge in [0, 0.05) is 5.56 Å². The van der Waals surface area contributed by atoms with Crippen LogP contribution in [-0.2, 0) is 0 Å². The fraction of sp³-hybridized carbons (Fsp3) is 0.0952. The molecule has 0 spiro atoms. The highest BCUT2D eigenvalue weighted by Gasteiger charge is 2.18. The number of amides is 1. The lowest BCUT2D eigenvalue weighted by atomic mass is 9.98. The van der Waals surface area contributed by atoms with Gasteiger partial charge >= 0.3 is 0 Å². The van der Waals surface area contributed by atoms with Crippen molar-refractivity contribution < 1.29 is 4.79 Å². The fourth-order valence-corrected chi connectivity index (χ4v) is 2.69. The monoisotopic (exact) mass is 301 g/mol. The van der Waals surface area contributed by atoms with Crippen molar-refractivity contribution >= 4 is 5.91 Å². The summed E-state index contributed by atoms with van der Waals surface area (Å²) in [5, 5.41) is 3.17. The Morgan fingerprint density at radius 2 is 1.22 bits per heavy atom. The minimum Gasteiger partial charge on any atom is -0.341 e. The first kappa shape index (κ1) is 15.0. The predicted molar refractivity (Wildman–Crippen MR) is 93.4 cm³/mol. The molecule has 0 heterocycles. The zero-order valence-corrected chi connectivity index (χ0v) is 13.1. The van der Waals surface area contributed by atoms with E-state index in [1.807, 2.05) is 91.9 Å². The second-order valence-corrected chi connectivity index (χ2v) is 5.54. The molecule has 0 aliphatic carbocycles. The summed E-state index contributed by atoms with van der Waals surface area (Å²) in [7, 11) is 0. The molecule has 3 rings (SSSR count). The van der Waals surface area contributed by atoms with Gasteiger partial charge < -0.3 is 5.32 Å². The van der Waals surface area contributed by atoms with Crippen molar-refractivity contribution in [2.45, 2.75) is 13.0 Å². The molecule has 114 valence electrons. The summed E-state index contributed by atoms with van der Waals surface area (Å²) in [4.78, 5) is 12.7.